The molecule has 0 radical (unpaired) electrons. The number of piperidine rings is 1. The molecule has 2 fully saturated rings. The van der Waals surface area contributed by atoms with E-state index in [0.29, 0.717) is 30.8 Å². The minimum Gasteiger partial charge on any atom is -0.482 e. The van der Waals surface area contributed by atoms with Gasteiger partial charge in [0.2, 0.25) is 15.9 Å². The molecular weight excluding hydrogens is 382 g/mol. The number of hydrogen-bond donors (Lipinski definition) is 2. The molecule has 1 aliphatic carbocycles. The Morgan fingerprint density at radius 3 is 2.75 bits per heavy atom. The summed E-state index contributed by atoms with van der Waals surface area (Å²) in [7, 11) is -3.76. The Labute approximate surface area is 164 Å². The Hall–Kier alpha value is -2.13. The second kappa shape index (κ2) is 7.71. The van der Waals surface area contributed by atoms with Crippen LogP contribution in [0.2, 0.25) is 0 Å². The van der Waals surface area contributed by atoms with E-state index in [4.69, 9.17) is 4.74 Å². The van der Waals surface area contributed by atoms with E-state index in [1.165, 1.54) is 16.4 Å². The van der Waals surface area contributed by atoms with Crippen molar-refractivity contribution in [2.24, 2.45) is 5.92 Å². The molecule has 1 aromatic carbocycles. The maximum absolute atomic E-state index is 13.1. The largest absolute Gasteiger partial charge is 0.482 e. The zero-order valence-electron chi connectivity index (χ0n) is 15.6. The van der Waals surface area contributed by atoms with Crippen LogP contribution in [0.25, 0.3) is 0 Å². The minimum atomic E-state index is -3.76. The quantitative estimate of drug-likeness (QED) is 0.787. The fourth-order valence-electron chi connectivity index (χ4n) is 4.14. The average molecular weight is 407 g/mol. The summed E-state index contributed by atoms with van der Waals surface area (Å²) >= 11 is 0. The summed E-state index contributed by atoms with van der Waals surface area (Å²) in [4.78, 5) is 24.2. The van der Waals surface area contributed by atoms with Crippen LogP contribution in [-0.2, 0) is 19.6 Å². The second-order valence-electron chi connectivity index (χ2n) is 7.69. The lowest BCUT2D eigenvalue weighted by molar-refractivity contribution is -0.126. The monoisotopic (exact) mass is 407 g/mol. The number of hydrogen-bond acceptors (Lipinski definition) is 5. The smallest absolute Gasteiger partial charge is 0.262 e. The van der Waals surface area contributed by atoms with Crippen molar-refractivity contribution in [1.29, 1.82) is 0 Å². The van der Waals surface area contributed by atoms with Crippen molar-refractivity contribution in [1.82, 2.24) is 9.62 Å². The van der Waals surface area contributed by atoms with Crippen molar-refractivity contribution in [3.63, 3.8) is 0 Å². The van der Waals surface area contributed by atoms with Crippen molar-refractivity contribution < 1.29 is 22.7 Å². The van der Waals surface area contributed by atoms with Gasteiger partial charge in [0.15, 0.2) is 6.61 Å². The van der Waals surface area contributed by atoms with Crippen LogP contribution in [0, 0.1) is 5.92 Å². The average Bonchev–Trinajstić information content (AvgIpc) is 3.20. The Morgan fingerprint density at radius 1 is 1.18 bits per heavy atom. The molecule has 8 nitrogen and oxygen atoms in total. The molecular formula is C19H25N3O5S. The van der Waals surface area contributed by atoms with E-state index in [0.717, 1.165) is 25.7 Å². The van der Waals surface area contributed by atoms with Gasteiger partial charge in [-0.2, -0.15) is 4.31 Å². The molecule has 28 heavy (non-hydrogen) atoms. The summed E-state index contributed by atoms with van der Waals surface area (Å²) in [5.41, 5.74) is 0.352. The summed E-state index contributed by atoms with van der Waals surface area (Å²) in [5, 5.41) is 5.71. The van der Waals surface area contributed by atoms with Crippen LogP contribution in [0.4, 0.5) is 5.69 Å². The summed E-state index contributed by atoms with van der Waals surface area (Å²) < 4.78 is 32.9. The molecule has 1 saturated carbocycles. The van der Waals surface area contributed by atoms with Crippen molar-refractivity contribution in [3.8, 4) is 5.75 Å². The molecule has 1 aromatic rings. The lowest BCUT2D eigenvalue weighted by Crippen LogP contribution is -2.47. The molecule has 9 heteroatoms. The first-order valence-corrected chi connectivity index (χ1v) is 11.2. The molecule has 2 aliphatic heterocycles. The number of fused-ring (bicyclic) bond motifs is 1. The molecule has 152 valence electrons. The minimum absolute atomic E-state index is 0.0436. The Bertz CT molecular complexity index is 880. The number of nitrogens with one attached hydrogen (secondary N) is 2. The van der Waals surface area contributed by atoms with Gasteiger partial charge in [0, 0.05) is 19.1 Å². The Balaban J connectivity index is 1.48. The molecule has 0 bridgehead atoms. The molecule has 1 atom stereocenters. The molecule has 2 N–H and O–H groups in total. The third-order valence-corrected chi connectivity index (χ3v) is 7.54. The van der Waals surface area contributed by atoms with Crippen molar-refractivity contribution in [2.45, 2.75) is 49.5 Å². The van der Waals surface area contributed by atoms with E-state index < -0.39 is 10.0 Å². The van der Waals surface area contributed by atoms with Crippen molar-refractivity contribution in [3.05, 3.63) is 18.2 Å². The van der Waals surface area contributed by atoms with Gasteiger partial charge in [-0.3, -0.25) is 9.59 Å². The van der Waals surface area contributed by atoms with Gasteiger partial charge in [-0.15, -0.1) is 0 Å². The SMILES string of the molecule is O=C1COc2ccc(S(=O)(=O)N3CCCC(C(=O)NC4CCCC4)C3)cc2N1. The highest BCUT2D eigenvalue weighted by atomic mass is 32.2. The molecule has 1 saturated heterocycles. The van der Waals surface area contributed by atoms with E-state index >= 15 is 0 Å². The number of carbonyl (C=O) groups excluding carboxylic acids is 2. The van der Waals surface area contributed by atoms with E-state index in [9.17, 15) is 18.0 Å². The van der Waals surface area contributed by atoms with Crippen LogP contribution < -0.4 is 15.4 Å². The van der Waals surface area contributed by atoms with Crippen LogP contribution >= 0.6 is 0 Å². The highest BCUT2D eigenvalue weighted by molar-refractivity contribution is 7.89. The number of nitrogens with zero attached hydrogens (tertiary/aromatic N) is 1. The van der Waals surface area contributed by atoms with Gasteiger partial charge in [0.1, 0.15) is 5.75 Å². The zero-order valence-corrected chi connectivity index (χ0v) is 16.5. The molecule has 0 aromatic heterocycles. The van der Waals surface area contributed by atoms with Crippen LogP contribution in [-0.4, -0.2) is 50.3 Å². The van der Waals surface area contributed by atoms with Crippen molar-refractivity contribution in [2.75, 3.05) is 25.0 Å². The van der Waals surface area contributed by atoms with Crippen molar-refractivity contribution >= 4 is 27.5 Å². The number of carbonyl (C=O) groups is 2. The maximum Gasteiger partial charge on any atom is 0.262 e. The number of sulfonamides is 1. The lowest BCUT2D eigenvalue weighted by Gasteiger charge is -2.32. The third-order valence-electron chi connectivity index (χ3n) is 5.68. The van der Waals surface area contributed by atoms with Gasteiger partial charge in [-0.05, 0) is 43.9 Å². The molecule has 1 unspecified atom stereocenters. The number of anilines is 1. The molecule has 3 aliphatic rings. The van der Waals surface area contributed by atoms with Crippen LogP contribution in [0.15, 0.2) is 23.1 Å². The first kappa shape index (κ1) is 19.2. The molecule has 0 spiro atoms. The van der Waals surface area contributed by atoms with E-state index in [1.807, 2.05) is 0 Å². The zero-order chi connectivity index (χ0) is 19.7. The number of amides is 2. The van der Waals surface area contributed by atoms with Gasteiger partial charge in [0.05, 0.1) is 16.5 Å². The maximum atomic E-state index is 13.1. The molecule has 2 amide bonds. The predicted octanol–water partition coefficient (Wildman–Crippen LogP) is 1.48. The van der Waals surface area contributed by atoms with Gasteiger partial charge in [-0.25, -0.2) is 8.42 Å². The number of rotatable bonds is 4. The molecule has 2 heterocycles. The van der Waals surface area contributed by atoms with E-state index in [-0.39, 0.29) is 41.8 Å². The van der Waals surface area contributed by atoms with E-state index in [1.54, 1.807) is 6.07 Å². The van der Waals surface area contributed by atoms with Gasteiger partial charge < -0.3 is 15.4 Å². The van der Waals surface area contributed by atoms with Gasteiger partial charge in [-0.1, -0.05) is 12.8 Å². The number of benzene rings is 1. The third kappa shape index (κ3) is 3.86. The lowest BCUT2D eigenvalue weighted by atomic mass is 9.98. The van der Waals surface area contributed by atoms with Gasteiger partial charge in [0.25, 0.3) is 5.91 Å². The van der Waals surface area contributed by atoms with Gasteiger partial charge >= 0.3 is 0 Å². The fraction of sp³-hybridized carbons (Fsp3) is 0.579. The normalized spacial score (nSPS) is 23.6. The summed E-state index contributed by atoms with van der Waals surface area (Å²) in [6.45, 7) is 0.485. The molecule has 4 rings (SSSR count). The first-order chi connectivity index (χ1) is 13.4. The Morgan fingerprint density at radius 2 is 1.96 bits per heavy atom. The first-order valence-electron chi connectivity index (χ1n) is 9.81. The summed E-state index contributed by atoms with van der Waals surface area (Å²) in [5.74, 6) is -0.239. The summed E-state index contributed by atoms with van der Waals surface area (Å²) in [6, 6.07) is 4.68. The highest BCUT2D eigenvalue weighted by Crippen LogP contribution is 2.32. The van der Waals surface area contributed by atoms with Crippen LogP contribution in [0.3, 0.4) is 0 Å². The Kier molecular flexibility index (Phi) is 5.29. The second-order valence-corrected chi connectivity index (χ2v) is 9.62. The summed E-state index contributed by atoms with van der Waals surface area (Å²) in [6.07, 6.45) is 5.61. The standard InChI is InChI=1S/C19H25N3O5S/c23-18-12-27-17-8-7-15(10-16(17)21-18)28(25,26)22-9-3-4-13(11-22)19(24)20-14-5-1-2-6-14/h7-8,10,13-14H,1-6,9,11-12H2,(H,20,24)(H,21,23). The van der Waals surface area contributed by atoms with Crippen LogP contribution in [0.5, 0.6) is 5.75 Å². The van der Waals surface area contributed by atoms with E-state index in [2.05, 4.69) is 10.6 Å². The fourth-order valence-corrected chi connectivity index (χ4v) is 5.69. The highest BCUT2D eigenvalue weighted by Gasteiger charge is 2.34. The topological polar surface area (TPSA) is 105 Å². The number of ether oxygens (including phenoxy) is 1. The van der Waals surface area contributed by atoms with Crippen LogP contribution in [0.1, 0.15) is 38.5 Å². The predicted molar refractivity (Wildman–Crippen MR) is 102 cm³/mol.